The summed E-state index contributed by atoms with van der Waals surface area (Å²) in [7, 11) is 1.48. The Labute approximate surface area is 86.8 Å². The molecule has 0 radical (unpaired) electrons. The third-order valence-corrected chi connectivity index (χ3v) is 1.83. The van der Waals surface area contributed by atoms with Crippen LogP contribution in [0.5, 0.6) is 5.75 Å². The van der Waals surface area contributed by atoms with Crippen molar-refractivity contribution in [1.82, 2.24) is 0 Å². The predicted molar refractivity (Wildman–Crippen MR) is 51.7 cm³/mol. The summed E-state index contributed by atoms with van der Waals surface area (Å²) in [5.74, 6) is -2.10. The van der Waals surface area contributed by atoms with Crippen LogP contribution in [0.1, 0.15) is 0 Å². The normalized spacial score (nSPS) is 12.5. The minimum absolute atomic E-state index is 0.150. The highest BCUT2D eigenvalue weighted by molar-refractivity contribution is 5.25. The monoisotopic (exact) mass is 217 g/mol. The van der Waals surface area contributed by atoms with Gasteiger partial charge in [0.1, 0.15) is 6.10 Å². The van der Waals surface area contributed by atoms with E-state index in [1.54, 1.807) is 0 Å². The lowest BCUT2D eigenvalue weighted by atomic mass is 10.3. The molecule has 0 saturated carbocycles. The molecule has 2 N–H and O–H groups in total. The van der Waals surface area contributed by atoms with Crippen LogP contribution in [0.3, 0.4) is 0 Å². The number of ether oxygens (including phenoxy) is 2. The molecular formula is C10H13F2NO2. The lowest BCUT2D eigenvalue weighted by Crippen LogP contribution is -2.31. The number of benzene rings is 1. The minimum Gasteiger partial charge on any atom is -0.484 e. The molecule has 0 aliphatic carbocycles. The van der Waals surface area contributed by atoms with Crippen molar-refractivity contribution in [2.75, 3.05) is 20.3 Å². The zero-order valence-corrected chi connectivity index (χ0v) is 8.37. The molecule has 0 spiro atoms. The zero-order valence-electron chi connectivity index (χ0n) is 8.37. The van der Waals surface area contributed by atoms with Crippen molar-refractivity contribution >= 4 is 0 Å². The van der Waals surface area contributed by atoms with Crippen LogP contribution in [-0.4, -0.2) is 26.4 Å². The van der Waals surface area contributed by atoms with Crippen LogP contribution < -0.4 is 10.5 Å². The van der Waals surface area contributed by atoms with Crippen molar-refractivity contribution < 1.29 is 18.3 Å². The summed E-state index contributed by atoms with van der Waals surface area (Å²) in [6, 6.07) is 3.74. The van der Waals surface area contributed by atoms with E-state index in [1.165, 1.54) is 19.2 Å². The van der Waals surface area contributed by atoms with Gasteiger partial charge in [0, 0.05) is 13.7 Å². The van der Waals surface area contributed by atoms with E-state index in [4.69, 9.17) is 15.2 Å². The number of rotatable bonds is 5. The molecule has 0 bridgehead atoms. The van der Waals surface area contributed by atoms with Crippen LogP contribution >= 0.6 is 0 Å². The molecule has 5 heteroatoms. The van der Waals surface area contributed by atoms with E-state index in [0.717, 1.165) is 6.07 Å². The van der Waals surface area contributed by atoms with Gasteiger partial charge in [0.2, 0.25) is 5.82 Å². The minimum atomic E-state index is -1.01. The fourth-order valence-electron chi connectivity index (χ4n) is 1.09. The first-order valence-corrected chi connectivity index (χ1v) is 4.48. The molecule has 1 rings (SSSR count). The van der Waals surface area contributed by atoms with Crippen molar-refractivity contribution in [1.29, 1.82) is 0 Å². The molecule has 84 valence electrons. The van der Waals surface area contributed by atoms with Gasteiger partial charge in [0.15, 0.2) is 11.6 Å². The van der Waals surface area contributed by atoms with Crippen LogP contribution in [0.2, 0.25) is 0 Å². The van der Waals surface area contributed by atoms with Gasteiger partial charge in [-0.1, -0.05) is 6.07 Å². The van der Waals surface area contributed by atoms with E-state index in [-0.39, 0.29) is 18.9 Å². The van der Waals surface area contributed by atoms with Crippen LogP contribution in [0.15, 0.2) is 18.2 Å². The van der Waals surface area contributed by atoms with Crippen molar-refractivity contribution in [3.05, 3.63) is 29.8 Å². The first kappa shape index (κ1) is 11.9. The van der Waals surface area contributed by atoms with E-state index in [0.29, 0.717) is 0 Å². The summed E-state index contributed by atoms with van der Waals surface area (Å²) in [6.07, 6.45) is -0.480. The number of halogens is 2. The molecule has 0 fully saturated rings. The van der Waals surface area contributed by atoms with Crippen molar-refractivity contribution in [2.45, 2.75) is 6.10 Å². The molecule has 1 unspecified atom stereocenters. The maximum atomic E-state index is 13.2. The largest absolute Gasteiger partial charge is 0.484 e. The Kier molecular flexibility index (Phi) is 4.45. The molecule has 0 aliphatic heterocycles. The van der Waals surface area contributed by atoms with E-state index in [9.17, 15) is 8.78 Å². The Bertz CT molecular complexity index is 320. The standard InChI is InChI=1S/C10H13F2NO2/c1-14-6-7(5-13)15-9-4-2-3-8(11)10(9)12/h2-4,7H,5-6,13H2,1H3. The Morgan fingerprint density at radius 2 is 2.13 bits per heavy atom. The van der Waals surface area contributed by atoms with E-state index >= 15 is 0 Å². The second-order valence-corrected chi connectivity index (χ2v) is 2.98. The maximum Gasteiger partial charge on any atom is 0.200 e. The molecular weight excluding hydrogens is 204 g/mol. The first-order chi connectivity index (χ1) is 7.19. The van der Waals surface area contributed by atoms with Gasteiger partial charge in [0.05, 0.1) is 6.61 Å². The Morgan fingerprint density at radius 1 is 1.40 bits per heavy atom. The number of methoxy groups -OCH3 is 1. The fourth-order valence-corrected chi connectivity index (χ4v) is 1.09. The lowest BCUT2D eigenvalue weighted by molar-refractivity contribution is 0.0827. The maximum absolute atomic E-state index is 13.2. The van der Waals surface area contributed by atoms with Gasteiger partial charge in [0.25, 0.3) is 0 Å². The topological polar surface area (TPSA) is 44.5 Å². The van der Waals surface area contributed by atoms with Crippen LogP contribution in [0.25, 0.3) is 0 Å². The summed E-state index contributed by atoms with van der Waals surface area (Å²) in [5, 5.41) is 0. The Hall–Kier alpha value is -1.20. The molecule has 0 aliphatic rings. The second-order valence-electron chi connectivity index (χ2n) is 2.98. The van der Waals surface area contributed by atoms with Crippen molar-refractivity contribution in [3.8, 4) is 5.75 Å². The third kappa shape index (κ3) is 3.14. The van der Waals surface area contributed by atoms with Gasteiger partial charge < -0.3 is 15.2 Å². The average Bonchev–Trinajstić information content (AvgIpc) is 2.24. The number of nitrogens with two attached hydrogens (primary N) is 1. The van der Waals surface area contributed by atoms with Gasteiger partial charge in [-0.15, -0.1) is 0 Å². The van der Waals surface area contributed by atoms with Gasteiger partial charge >= 0.3 is 0 Å². The SMILES string of the molecule is COCC(CN)Oc1cccc(F)c1F. The summed E-state index contributed by atoms with van der Waals surface area (Å²) in [4.78, 5) is 0. The van der Waals surface area contributed by atoms with Crippen LogP contribution in [0, 0.1) is 11.6 Å². The second kappa shape index (κ2) is 5.63. The molecule has 0 amide bonds. The van der Waals surface area contributed by atoms with E-state index in [1.807, 2.05) is 0 Å². The molecule has 0 saturated heterocycles. The highest BCUT2D eigenvalue weighted by Crippen LogP contribution is 2.20. The zero-order chi connectivity index (χ0) is 11.3. The van der Waals surface area contributed by atoms with E-state index in [2.05, 4.69) is 0 Å². The molecule has 3 nitrogen and oxygen atoms in total. The molecule has 1 aromatic rings. The Morgan fingerprint density at radius 3 is 2.73 bits per heavy atom. The average molecular weight is 217 g/mol. The highest BCUT2D eigenvalue weighted by Gasteiger charge is 2.13. The molecule has 0 heterocycles. The van der Waals surface area contributed by atoms with Gasteiger partial charge in [-0.3, -0.25) is 0 Å². The van der Waals surface area contributed by atoms with E-state index < -0.39 is 17.7 Å². The molecule has 0 aromatic heterocycles. The van der Waals surface area contributed by atoms with Crippen molar-refractivity contribution in [3.63, 3.8) is 0 Å². The molecule has 1 aromatic carbocycles. The summed E-state index contributed by atoms with van der Waals surface area (Å²) in [5.41, 5.74) is 5.37. The fraction of sp³-hybridized carbons (Fsp3) is 0.400. The summed E-state index contributed by atoms with van der Waals surface area (Å²) in [6.45, 7) is 0.399. The summed E-state index contributed by atoms with van der Waals surface area (Å²) < 4.78 is 35.9. The quantitative estimate of drug-likeness (QED) is 0.808. The summed E-state index contributed by atoms with van der Waals surface area (Å²) >= 11 is 0. The van der Waals surface area contributed by atoms with Crippen LogP contribution in [-0.2, 0) is 4.74 Å². The van der Waals surface area contributed by atoms with Gasteiger partial charge in [-0.2, -0.15) is 4.39 Å². The lowest BCUT2D eigenvalue weighted by Gasteiger charge is -2.16. The first-order valence-electron chi connectivity index (χ1n) is 4.48. The predicted octanol–water partition coefficient (Wildman–Crippen LogP) is 1.32. The number of hydrogen-bond acceptors (Lipinski definition) is 3. The van der Waals surface area contributed by atoms with Crippen molar-refractivity contribution in [2.24, 2.45) is 5.73 Å². The molecule has 15 heavy (non-hydrogen) atoms. The van der Waals surface area contributed by atoms with Crippen LogP contribution in [0.4, 0.5) is 8.78 Å². The molecule has 1 atom stereocenters. The van der Waals surface area contributed by atoms with Gasteiger partial charge in [-0.05, 0) is 12.1 Å². The van der Waals surface area contributed by atoms with Gasteiger partial charge in [-0.25, -0.2) is 4.39 Å². The number of hydrogen-bond donors (Lipinski definition) is 1. The highest BCUT2D eigenvalue weighted by atomic mass is 19.2. The third-order valence-electron chi connectivity index (χ3n) is 1.83. The Balaban J connectivity index is 2.74. The smallest absolute Gasteiger partial charge is 0.200 e.